The molecule has 0 bridgehead atoms. The van der Waals surface area contributed by atoms with Crippen LogP contribution in [0.15, 0.2) is 47.5 Å². The van der Waals surface area contributed by atoms with Gasteiger partial charge in [-0.1, -0.05) is 42.4 Å². The number of hydrogen-bond donors (Lipinski definition) is 1. The summed E-state index contributed by atoms with van der Waals surface area (Å²) >= 11 is 1.32. The van der Waals surface area contributed by atoms with Crippen LogP contribution in [-0.2, 0) is 4.79 Å². The number of aliphatic carboxylic acids is 1. The number of benzene rings is 2. The minimum absolute atomic E-state index is 0.196. The summed E-state index contributed by atoms with van der Waals surface area (Å²) in [5, 5.41) is 9.87. The van der Waals surface area contributed by atoms with Crippen molar-refractivity contribution in [2.75, 3.05) is 0 Å². The molecular weight excluding hydrogens is 424 g/mol. The summed E-state index contributed by atoms with van der Waals surface area (Å²) in [6, 6.07) is 12.1. The number of thiazole rings is 1. The van der Waals surface area contributed by atoms with Gasteiger partial charge in [-0.05, 0) is 63.3 Å². The third-order valence-corrected chi connectivity index (χ3v) is 6.97. The molecule has 1 atom stereocenters. The summed E-state index contributed by atoms with van der Waals surface area (Å²) in [5.41, 5.74) is 2.26. The average molecular weight is 453 g/mol. The first-order valence-electron chi connectivity index (χ1n) is 11.2. The Morgan fingerprint density at radius 2 is 1.88 bits per heavy atom. The van der Waals surface area contributed by atoms with Gasteiger partial charge in [0.2, 0.25) is 0 Å². The van der Waals surface area contributed by atoms with Gasteiger partial charge in [0.25, 0.3) is 5.91 Å². The number of carbonyl (C=O) groups excluding carboxylic acids is 1. The number of carbonyl (C=O) groups is 2. The van der Waals surface area contributed by atoms with Gasteiger partial charge in [0.1, 0.15) is 11.8 Å². The van der Waals surface area contributed by atoms with Crippen molar-refractivity contribution in [3.05, 3.63) is 58.4 Å². The van der Waals surface area contributed by atoms with Crippen LogP contribution in [0.4, 0.5) is 0 Å². The lowest BCUT2D eigenvalue weighted by molar-refractivity contribution is -0.140. The molecule has 1 N–H and O–H groups in total. The Hall–Kier alpha value is -2.93. The van der Waals surface area contributed by atoms with E-state index >= 15 is 0 Å². The first kappa shape index (κ1) is 22.3. The number of aromatic nitrogens is 1. The average Bonchev–Trinajstić information content (AvgIpc) is 3.12. The zero-order valence-electron chi connectivity index (χ0n) is 18.4. The Bertz CT molecular complexity index is 1190. The second kappa shape index (κ2) is 9.69. The molecule has 1 aliphatic carbocycles. The van der Waals surface area contributed by atoms with Gasteiger partial charge in [-0.25, -0.2) is 4.79 Å². The highest BCUT2D eigenvalue weighted by Crippen LogP contribution is 2.29. The Kier molecular flexibility index (Phi) is 6.74. The maximum Gasteiger partial charge on any atom is 0.326 e. The largest absolute Gasteiger partial charge is 0.490 e. The van der Waals surface area contributed by atoms with Crippen molar-refractivity contribution in [3.63, 3.8) is 0 Å². The zero-order valence-corrected chi connectivity index (χ0v) is 19.2. The number of carboxylic acid groups (broad SMARTS) is 1. The van der Waals surface area contributed by atoms with E-state index in [1.54, 1.807) is 16.7 Å². The molecule has 1 aromatic heterocycles. The lowest BCUT2D eigenvalue weighted by atomic mass is 9.98. The number of rotatable bonds is 6. The van der Waals surface area contributed by atoms with Crippen molar-refractivity contribution in [2.24, 2.45) is 4.99 Å². The molecule has 1 aliphatic rings. The molecule has 3 aromatic rings. The molecule has 2 aromatic carbocycles. The van der Waals surface area contributed by atoms with Gasteiger partial charge in [0.15, 0.2) is 4.80 Å². The first-order chi connectivity index (χ1) is 15.5. The van der Waals surface area contributed by atoms with Crippen molar-refractivity contribution in [1.82, 2.24) is 4.57 Å². The highest BCUT2D eigenvalue weighted by atomic mass is 32.1. The monoisotopic (exact) mass is 452 g/mol. The minimum Gasteiger partial charge on any atom is -0.490 e. The van der Waals surface area contributed by atoms with Crippen molar-refractivity contribution >= 4 is 33.4 Å². The van der Waals surface area contributed by atoms with Crippen LogP contribution in [0.3, 0.4) is 0 Å². The lowest BCUT2D eigenvalue weighted by Crippen LogP contribution is -2.27. The van der Waals surface area contributed by atoms with Crippen LogP contribution in [0, 0.1) is 6.92 Å². The van der Waals surface area contributed by atoms with E-state index in [2.05, 4.69) is 4.99 Å². The van der Waals surface area contributed by atoms with Crippen LogP contribution < -0.4 is 9.54 Å². The highest BCUT2D eigenvalue weighted by Gasteiger charge is 2.23. The fourth-order valence-electron chi connectivity index (χ4n) is 4.16. The number of ether oxygens (including phenoxy) is 1. The van der Waals surface area contributed by atoms with E-state index < -0.39 is 12.0 Å². The topological polar surface area (TPSA) is 80.9 Å². The minimum atomic E-state index is -0.949. The number of fused-ring (bicyclic) bond motifs is 1. The smallest absolute Gasteiger partial charge is 0.326 e. The van der Waals surface area contributed by atoms with E-state index in [1.165, 1.54) is 30.6 Å². The van der Waals surface area contributed by atoms with E-state index in [9.17, 15) is 14.7 Å². The lowest BCUT2D eigenvalue weighted by Gasteiger charge is -2.23. The maximum absolute atomic E-state index is 12.8. The van der Waals surface area contributed by atoms with Crippen molar-refractivity contribution in [3.8, 4) is 5.75 Å². The number of hydrogen-bond acceptors (Lipinski definition) is 4. The molecule has 0 saturated heterocycles. The second-order valence-electron chi connectivity index (χ2n) is 8.31. The van der Waals surface area contributed by atoms with E-state index in [1.807, 2.05) is 44.2 Å². The molecule has 1 amide bonds. The van der Waals surface area contributed by atoms with E-state index in [0.717, 1.165) is 34.4 Å². The molecule has 1 saturated carbocycles. The van der Waals surface area contributed by atoms with Gasteiger partial charge in [0, 0.05) is 11.6 Å². The van der Waals surface area contributed by atoms with E-state index in [-0.39, 0.29) is 12.0 Å². The van der Waals surface area contributed by atoms with Gasteiger partial charge >= 0.3 is 5.97 Å². The standard InChI is InChI=1S/C25H28N2O4S/c1-3-20(24(29)30)27-21-15-19(31-18-7-5-4-6-8-18)13-14-22(21)32-25(27)26-23(28)17-11-9-16(2)10-12-17/h9-15,18,20H,3-8H2,1-2H3,(H,29,30)/b26-25-. The summed E-state index contributed by atoms with van der Waals surface area (Å²) < 4.78 is 8.75. The molecule has 0 radical (unpaired) electrons. The SMILES string of the molecule is CCC(C(=O)O)n1/c(=N/C(=O)c2ccc(C)cc2)sc2ccc(OC3CCCCC3)cc21. The van der Waals surface area contributed by atoms with Crippen LogP contribution in [-0.4, -0.2) is 27.7 Å². The predicted octanol–water partition coefficient (Wildman–Crippen LogP) is 5.50. The van der Waals surface area contributed by atoms with Crippen molar-refractivity contribution in [2.45, 2.75) is 64.5 Å². The maximum atomic E-state index is 12.8. The van der Waals surface area contributed by atoms with Crippen molar-refractivity contribution in [1.29, 1.82) is 0 Å². The molecule has 1 heterocycles. The third kappa shape index (κ3) is 4.78. The number of nitrogens with zero attached hydrogens (tertiary/aromatic N) is 2. The molecule has 168 valence electrons. The molecule has 1 fully saturated rings. The Balaban J connectivity index is 1.79. The predicted molar refractivity (Wildman–Crippen MR) is 125 cm³/mol. The summed E-state index contributed by atoms with van der Waals surface area (Å²) in [5.74, 6) is -0.605. The van der Waals surface area contributed by atoms with Gasteiger partial charge in [-0.15, -0.1) is 0 Å². The van der Waals surface area contributed by atoms with Crippen LogP contribution in [0.1, 0.15) is 67.4 Å². The molecule has 1 unspecified atom stereocenters. The molecule has 32 heavy (non-hydrogen) atoms. The number of amides is 1. The van der Waals surface area contributed by atoms with Crippen LogP contribution in [0.25, 0.3) is 10.2 Å². The van der Waals surface area contributed by atoms with Gasteiger partial charge in [0.05, 0.1) is 16.3 Å². The van der Waals surface area contributed by atoms with E-state index in [0.29, 0.717) is 16.8 Å². The van der Waals surface area contributed by atoms with Crippen LogP contribution in [0.2, 0.25) is 0 Å². The third-order valence-electron chi connectivity index (χ3n) is 5.93. The Labute approximate surface area is 191 Å². The van der Waals surface area contributed by atoms with E-state index in [4.69, 9.17) is 4.74 Å². The fraction of sp³-hybridized carbons (Fsp3) is 0.400. The molecular formula is C25H28N2O4S. The molecule has 0 aliphatic heterocycles. The molecule has 0 spiro atoms. The van der Waals surface area contributed by atoms with Gasteiger partial charge in [-0.3, -0.25) is 4.79 Å². The normalized spacial score (nSPS) is 16.2. The quantitative estimate of drug-likeness (QED) is 0.535. The van der Waals surface area contributed by atoms with Crippen LogP contribution in [0.5, 0.6) is 5.75 Å². The second-order valence-corrected chi connectivity index (χ2v) is 9.32. The van der Waals surface area contributed by atoms with Crippen molar-refractivity contribution < 1.29 is 19.4 Å². The van der Waals surface area contributed by atoms with Gasteiger partial charge in [-0.2, -0.15) is 4.99 Å². The number of aryl methyl sites for hydroxylation is 1. The summed E-state index contributed by atoms with van der Waals surface area (Å²) in [4.78, 5) is 29.6. The molecule has 7 heteroatoms. The summed E-state index contributed by atoms with van der Waals surface area (Å²) in [6.45, 7) is 3.78. The number of carboxylic acids is 1. The first-order valence-corrected chi connectivity index (χ1v) is 12.0. The van der Waals surface area contributed by atoms with Crippen LogP contribution >= 0.6 is 11.3 Å². The summed E-state index contributed by atoms with van der Waals surface area (Å²) in [7, 11) is 0. The zero-order chi connectivity index (χ0) is 22.7. The fourth-order valence-corrected chi connectivity index (χ4v) is 5.21. The Morgan fingerprint density at radius 1 is 1.16 bits per heavy atom. The molecule has 4 rings (SSSR count). The summed E-state index contributed by atoms with van der Waals surface area (Å²) in [6.07, 6.45) is 6.25. The van der Waals surface area contributed by atoms with Gasteiger partial charge < -0.3 is 14.4 Å². The Morgan fingerprint density at radius 3 is 2.53 bits per heavy atom. The highest BCUT2D eigenvalue weighted by molar-refractivity contribution is 7.16. The molecule has 6 nitrogen and oxygen atoms in total.